The number of primary amides is 1. The van der Waals surface area contributed by atoms with Crippen LogP contribution in [0.5, 0.6) is 0 Å². The van der Waals surface area contributed by atoms with Crippen LogP contribution in [0.3, 0.4) is 0 Å². The lowest BCUT2D eigenvalue weighted by Gasteiger charge is -2.18. The molecule has 0 aromatic heterocycles. The first kappa shape index (κ1) is 15.5. The number of fused-ring (bicyclic) bond motifs is 1. The Hall–Kier alpha value is -1.87. The molecule has 21 heavy (non-hydrogen) atoms. The number of rotatable bonds is 7. The Balaban J connectivity index is 2.19. The first-order valence-corrected chi connectivity index (χ1v) is 7.32. The largest absolute Gasteiger partial charge is 0.369 e. The summed E-state index contributed by atoms with van der Waals surface area (Å²) in [5, 5.41) is 2.49. The minimum absolute atomic E-state index is 0.177. The Morgan fingerprint density at radius 1 is 1.19 bits per heavy atom. The van der Waals surface area contributed by atoms with Crippen LogP contribution in [0, 0.1) is 12.3 Å². The highest BCUT2D eigenvalue weighted by molar-refractivity contribution is 5.86. The second-order valence-corrected chi connectivity index (χ2v) is 5.76. The molecule has 0 saturated heterocycles. The lowest BCUT2D eigenvalue weighted by atomic mass is 9.90. The molecule has 0 aliphatic heterocycles. The molecule has 3 nitrogen and oxygen atoms in total. The predicted molar refractivity (Wildman–Crippen MR) is 87.8 cm³/mol. The highest BCUT2D eigenvalue weighted by atomic mass is 16.1. The van der Waals surface area contributed by atoms with Crippen LogP contribution < -0.4 is 5.73 Å². The Labute approximate surface area is 126 Å². The normalized spacial score (nSPS) is 12.7. The summed E-state index contributed by atoms with van der Waals surface area (Å²) in [5.41, 5.74) is 6.63. The van der Waals surface area contributed by atoms with E-state index in [-0.39, 0.29) is 11.8 Å². The van der Waals surface area contributed by atoms with Crippen LogP contribution in [0.2, 0.25) is 0 Å². The number of carbonyl (C=O) groups is 1. The fourth-order valence-corrected chi connectivity index (χ4v) is 2.65. The van der Waals surface area contributed by atoms with Crippen LogP contribution in [0.4, 0.5) is 0 Å². The van der Waals surface area contributed by atoms with Gasteiger partial charge in [-0.05, 0) is 55.7 Å². The maximum Gasteiger partial charge on any atom is 0.221 e. The average molecular weight is 283 g/mol. The number of nitrogens with zero attached hydrogens (tertiary/aromatic N) is 1. The van der Waals surface area contributed by atoms with E-state index in [0.717, 1.165) is 19.4 Å². The summed E-state index contributed by atoms with van der Waals surface area (Å²) in [6.45, 7) is 0.944. The van der Waals surface area contributed by atoms with E-state index in [1.807, 2.05) is 20.2 Å². The average Bonchev–Trinajstić information content (AvgIpc) is 2.44. The number of nitrogens with two attached hydrogens (primary N) is 1. The molecule has 2 rings (SSSR count). The molecule has 111 valence electrons. The van der Waals surface area contributed by atoms with Crippen LogP contribution in [-0.2, 0) is 11.2 Å². The van der Waals surface area contributed by atoms with E-state index in [1.54, 1.807) is 6.42 Å². The van der Waals surface area contributed by atoms with Gasteiger partial charge in [-0.1, -0.05) is 42.5 Å². The molecule has 0 bridgehead atoms. The molecule has 1 radical (unpaired) electrons. The summed E-state index contributed by atoms with van der Waals surface area (Å²) >= 11 is 0. The topological polar surface area (TPSA) is 46.3 Å². The number of hydrogen-bond donors (Lipinski definition) is 1. The van der Waals surface area contributed by atoms with Gasteiger partial charge in [0.25, 0.3) is 0 Å². The summed E-state index contributed by atoms with van der Waals surface area (Å²) in [4.78, 5) is 13.4. The third kappa shape index (κ3) is 4.57. The second-order valence-electron chi connectivity index (χ2n) is 5.76. The van der Waals surface area contributed by atoms with Crippen molar-refractivity contribution in [1.29, 1.82) is 0 Å². The van der Waals surface area contributed by atoms with E-state index in [1.165, 1.54) is 16.3 Å². The predicted octanol–water partition coefficient (Wildman–Crippen LogP) is 2.64. The molecule has 0 aliphatic carbocycles. The Morgan fingerprint density at radius 3 is 2.62 bits per heavy atom. The molecular formula is C18H23N2O. The number of benzene rings is 2. The van der Waals surface area contributed by atoms with Crippen LogP contribution in [0.1, 0.15) is 12.0 Å². The molecular weight excluding hydrogens is 260 g/mol. The minimum Gasteiger partial charge on any atom is -0.369 e. The van der Waals surface area contributed by atoms with Gasteiger partial charge in [0.2, 0.25) is 5.91 Å². The lowest BCUT2D eigenvalue weighted by Crippen LogP contribution is -2.23. The molecule has 2 aromatic rings. The third-order valence-electron chi connectivity index (χ3n) is 3.71. The maximum atomic E-state index is 11.3. The van der Waals surface area contributed by atoms with Crippen molar-refractivity contribution in [2.24, 2.45) is 11.7 Å². The molecule has 0 spiro atoms. The van der Waals surface area contributed by atoms with Crippen LogP contribution in [0.25, 0.3) is 10.8 Å². The van der Waals surface area contributed by atoms with Gasteiger partial charge in [0.1, 0.15) is 0 Å². The first-order chi connectivity index (χ1) is 10.1. The van der Waals surface area contributed by atoms with E-state index >= 15 is 0 Å². The fourth-order valence-electron chi connectivity index (χ4n) is 2.65. The van der Waals surface area contributed by atoms with Gasteiger partial charge in [0.15, 0.2) is 0 Å². The third-order valence-corrected chi connectivity index (χ3v) is 3.71. The van der Waals surface area contributed by atoms with E-state index in [9.17, 15) is 4.79 Å². The van der Waals surface area contributed by atoms with Gasteiger partial charge in [0.05, 0.1) is 6.42 Å². The van der Waals surface area contributed by atoms with Crippen molar-refractivity contribution in [3.8, 4) is 0 Å². The summed E-state index contributed by atoms with van der Waals surface area (Å²) in [6.07, 6.45) is 3.43. The summed E-state index contributed by atoms with van der Waals surface area (Å²) in [5.74, 6) is -0.158. The van der Waals surface area contributed by atoms with Gasteiger partial charge in [-0.25, -0.2) is 0 Å². The summed E-state index contributed by atoms with van der Waals surface area (Å²) in [6, 6.07) is 14.7. The van der Waals surface area contributed by atoms with Crippen molar-refractivity contribution in [2.75, 3.05) is 20.6 Å². The van der Waals surface area contributed by atoms with Crippen molar-refractivity contribution in [3.05, 3.63) is 54.4 Å². The smallest absolute Gasteiger partial charge is 0.221 e. The molecule has 0 heterocycles. The van der Waals surface area contributed by atoms with Crippen LogP contribution in [0.15, 0.2) is 42.5 Å². The molecule has 3 heteroatoms. The highest BCUT2D eigenvalue weighted by Crippen LogP contribution is 2.23. The highest BCUT2D eigenvalue weighted by Gasteiger charge is 2.15. The monoisotopic (exact) mass is 283 g/mol. The SMILES string of the molecule is CN(C)CCC([CH]C(N)=O)Cc1cccc2ccccc12. The molecule has 0 fully saturated rings. The van der Waals surface area contributed by atoms with Crippen molar-refractivity contribution in [2.45, 2.75) is 12.8 Å². The zero-order chi connectivity index (χ0) is 15.2. The van der Waals surface area contributed by atoms with Gasteiger partial charge >= 0.3 is 0 Å². The van der Waals surface area contributed by atoms with Gasteiger partial charge in [0, 0.05) is 0 Å². The standard InChI is InChI=1S/C18H23N2O/c1-20(2)11-10-14(13-18(19)21)12-16-8-5-7-15-6-3-4-9-17(15)16/h3-9,13-14H,10-12H2,1-2H3,(H2,19,21). The van der Waals surface area contributed by atoms with Gasteiger partial charge in [-0.3, -0.25) is 4.79 Å². The van der Waals surface area contributed by atoms with E-state index in [4.69, 9.17) is 5.73 Å². The molecule has 0 saturated carbocycles. The van der Waals surface area contributed by atoms with Crippen molar-refractivity contribution in [3.63, 3.8) is 0 Å². The quantitative estimate of drug-likeness (QED) is 0.849. The van der Waals surface area contributed by atoms with E-state index in [0.29, 0.717) is 0 Å². The van der Waals surface area contributed by atoms with Gasteiger partial charge in [-0.2, -0.15) is 0 Å². The van der Waals surface area contributed by atoms with E-state index in [2.05, 4.69) is 41.3 Å². The summed E-state index contributed by atoms with van der Waals surface area (Å²) < 4.78 is 0. The summed E-state index contributed by atoms with van der Waals surface area (Å²) in [7, 11) is 4.08. The second kappa shape index (κ2) is 7.23. The van der Waals surface area contributed by atoms with Crippen molar-refractivity contribution >= 4 is 16.7 Å². The zero-order valence-corrected chi connectivity index (χ0v) is 12.8. The van der Waals surface area contributed by atoms with Crippen molar-refractivity contribution < 1.29 is 4.79 Å². The van der Waals surface area contributed by atoms with Gasteiger partial charge in [-0.15, -0.1) is 0 Å². The number of carbonyl (C=O) groups excluding carboxylic acids is 1. The molecule has 1 amide bonds. The molecule has 1 atom stereocenters. The Bertz CT molecular complexity index is 602. The number of amides is 1. The Morgan fingerprint density at radius 2 is 1.90 bits per heavy atom. The van der Waals surface area contributed by atoms with Gasteiger partial charge < -0.3 is 10.6 Å². The Kier molecular flexibility index (Phi) is 5.34. The molecule has 0 aliphatic rings. The zero-order valence-electron chi connectivity index (χ0n) is 12.8. The minimum atomic E-state index is -0.334. The first-order valence-electron chi connectivity index (χ1n) is 7.32. The fraction of sp³-hybridized carbons (Fsp3) is 0.333. The molecule has 1 unspecified atom stereocenters. The van der Waals surface area contributed by atoms with Crippen molar-refractivity contribution in [1.82, 2.24) is 4.90 Å². The number of hydrogen-bond acceptors (Lipinski definition) is 2. The molecule has 2 N–H and O–H groups in total. The molecule has 2 aromatic carbocycles. The van der Waals surface area contributed by atoms with Crippen LogP contribution in [-0.4, -0.2) is 31.4 Å². The maximum absolute atomic E-state index is 11.3. The van der Waals surface area contributed by atoms with Crippen LogP contribution >= 0.6 is 0 Å². The van der Waals surface area contributed by atoms with E-state index < -0.39 is 0 Å². The lowest BCUT2D eigenvalue weighted by molar-refractivity contribution is -0.115.